The van der Waals surface area contributed by atoms with Crippen LogP contribution >= 0.6 is 15.9 Å². The summed E-state index contributed by atoms with van der Waals surface area (Å²) in [5, 5.41) is 0.802. The molecule has 2 N–H and O–H groups in total. The summed E-state index contributed by atoms with van der Waals surface area (Å²) >= 11 is 3.51. The van der Waals surface area contributed by atoms with Crippen molar-refractivity contribution in [2.24, 2.45) is 0 Å². The lowest BCUT2D eigenvalue weighted by atomic mass is 10.2. The molecule has 3 atom stereocenters. The fraction of sp³-hybridized carbons (Fsp3) is 0.588. The molecule has 142 valence electrons. The Hall–Kier alpha value is -1.29. The summed E-state index contributed by atoms with van der Waals surface area (Å²) in [5.41, 5.74) is 6.64. The Kier molecular flexibility index (Phi) is 5.02. The topological polar surface area (TPSA) is 92.3 Å². The number of rotatable bonds is 4. The van der Waals surface area contributed by atoms with E-state index >= 15 is 0 Å². The van der Waals surface area contributed by atoms with Gasteiger partial charge in [0.1, 0.15) is 30.1 Å². The zero-order valence-corrected chi connectivity index (χ0v) is 18.3. The van der Waals surface area contributed by atoms with Crippen LogP contribution in [-0.4, -0.2) is 41.3 Å². The van der Waals surface area contributed by atoms with Gasteiger partial charge in [0.2, 0.25) is 0 Å². The lowest BCUT2D eigenvalue weighted by Gasteiger charge is -2.38. The number of anilines is 1. The van der Waals surface area contributed by atoms with Gasteiger partial charge in [-0.1, -0.05) is 20.8 Å². The predicted octanol–water partition coefficient (Wildman–Crippen LogP) is 3.65. The van der Waals surface area contributed by atoms with Crippen molar-refractivity contribution in [2.45, 2.75) is 63.8 Å². The van der Waals surface area contributed by atoms with Crippen LogP contribution in [0.25, 0.3) is 11.0 Å². The number of halogens is 1. The van der Waals surface area contributed by atoms with E-state index in [2.05, 4.69) is 59.8 Å². The fourth-order valence-electron chi connectivity index (χ4n) is 2.91. The predicted molar refractivity (Wildman–Crippen MR) is 106 cm³/mol. The maximum atomic E-state index is 11.6. The SMILES string of the molecule is CC(C)(C)[Si](C)(C)O[C@H]1C[C@H](n2cc(Br)c3c(N)ncnc32)O[C@@H]1C=O. The van der Waals surface area contributed by atoms with Crippen molar-refractivity contribution in [2.75, 3.05) is 5.73 Å². The molecule has 26 heavy (non-hydrogen) atoms. The minimum atomic E-state index is -2.02. The molecule has 2 aromatic heterocycles. The summed E-state index contributed by atoms with van der Waals surface area (Å²) in [6.45, 7) is 10.9. The molecule has 0 bridgehead atoms. The van der Waals surface area contributed by atoms with Crippen LogP contribution in [0.1, 0.15) is 33.4 Å². The molecule has 7 nitrogen and oxygen atoms in total. The number of aromatic nitrogens is 3. The highest BCUT2D eigenvalue weighted by Crippen LogP contribution is 2.42. The summed E-state index contributed by atoms with van der Waals surface area (Å²) in [6, 6.07) is 0. The number of fused-ring (bicyclic) bond motifs is 1. The second-order valence-corrected chi connectivity index (χ2v) is 13.8. The molecule has 2 aromatic rings. The first-order chi connectivity index (χ1) is 12.0. The number of nitrogens with zero attached hydrogens (tertiary/aromatic N) is 3. The maximum absolute atomic E-state index is 11.6. The van der Waals surface area contributed by atoms with Crippen molar-refractivity contribution in [3.05, 3.63) is 17.0 Å². The zero-order chi connectivity index (χ0) is 19.3. The molecule has 0 radical (unpaired) electrons. The fourth-order valence-corrected chi connectivity index (χ4v) is 4.85. The highest BCUT2D eigenvalue weighted by molar-refractivity contribution is 9.10. The molecule has 1 saturated heterocycles. The third-order valence-corrected chi connectivity index (χ3v) is 10.5. The van der Waals surface area contributed by atoms with Crippen molar-refractivity contribution in [3.63, 3.8) is 0 Å². The van der Waals surface area contributed by atoms with Gasteiger partial charge in [-0.2, -0.15) is 0 Å². The van der Waals surface area contributed by atoms with E-state index in [1.54, 1.807) is 0 Å². The minimum Gasteiger partial charge on any atom is -0.411 e. The molecule has 0 spiro atoms. The van der Waals surface area contributed by atoms with E-state index in [9.17, 15) is 4.79 Å². The molecule has 9 heteroatoms. The van der Waals surface area contributed by atoms with Crippen molar-refractivity contribution < 1.29 is 14.0 Å². The Balaban J connectivity index is 1.91. The largest absolute Gasteiger partial charge is 0.411 e. The van der Waals surface area contributed by atoms with Crippen LogP contribution in [0.15, 0.2) is 17.0 Å². The number of hydrogen-bond acceptors (Lipinski definition) is 6. The number of carbonyl (C=O) groups excluding carboxylic acids is 1. The summed E-state index contributed by atoms with van der Waals surface area (Å²) in [4.78, 5) is 20.0. The van der Waals surface area contributed by atoms with E-state index in [1.165, 1.54) is 6.33 Å². The van der Waals surface area contributed by atoms with E-state index in [-0.39, 0.29) is 17.4 Å². The van der Waals surface area contributed by atoms with Gasteiger partial charge >= 0.3 is 0 Å². The maximum Gasteiger partial charge on any atom is 0.192 e. The first-order valence-electron chi connectivity index (χ1n) is 8.60. The second-order valence-electron chi connectivity index (χ2n) is 8.19. The van der Waals surface area contributed by atoms with Gasteiger partial charge in [-0.25, -0.2) is 9.97 Å². The van der Waals surface area contributed by atoms with E-state index in [4.69, 9.17) is 14.9 Å². The number of aldehydes is 1. The molecule has 3 rings (SSSR count). The van der Waals surface area contributed by atoms with Gasteiger partial charge < -0.3 is 24.3 Å². The van der Waals surface area contributed by atoms with E-state index in [0.717, 1.165) is 16.1 Å². The Labute approximate surface area is 162 Å². The molecule has 0 amide bonds. The Bertz CT molecular complexity index is 833. The molecule has 1 aliphatic heterocycles. The minimum absolute atomic E-state index is 0.0589. The summed E-state index contributed by atoms with van der Waals surface area (Å²) < 4.78 is 15.1. The number of carbonyl (C=O) groups is 1. The van der Waals surface area contributed by atoms with Crippen LogP contribution in [0.2, 0.25) is 18.1 Å². The normalized spacial score (nSPS) is 24.3. The van der Waals surface area contributed by atoms with Crippen molar-refractivity contribution in [1.82, 2.24) is 14.5 Å². The van der Waals surface area contributed by atoms with E-state index in [1.807, 2.05) is 10.8 Å². The molecule has 0 aliphatic carbocycles. The number of nitrogens with two attached hydrogens (primary N) is 1. The third-order valence-electron chi connectivity index (χ3n) is 5.40. The molecule has 0 saturated carbocycles. The summed E-state index contributed by atoms with van der Waals surface area (Å²) in [7, 11) is -2.02. The highest BCUT2D eigenvalue weighted by Gasteiger charge is 2.45. The van der Waals surface area contributed by atoms with E-state index in [0.29, 0.717) is 17.9 Å². The molecular weight excluding hydrogens is 416 g/mol. The molecular formula is C17H25BrN4O3Si. The van der Waals surface area contributed by atoms with Crippen LogP contribution in [0, 0.1) is 0 Å². The van der Waals surface area contributed by atoms with Crippen LogP contribution in [0.3, 0.4) is 0 Å². The van der Waals surface area contributed by atoms with Gasteiger partial charge in [-0.3, -0.25) is 0 Å². The first kappa shape index (κ1) is 19.5. The number of ether oxygens (including phenoxy) is 1. The van der Waals surface area contributed by atoms with Crippen LogP contribution in [0.5, 0.6) is 0 Å². The summed E-state index contributed by atoms with van der Waals surface area (Å²) in [5.74, 6) is 0.402. The number of hydrogen-bond donors (Lipinski definition) is 1. The third kappa shape index (κ3) is 3.33. The van der Waals surface area contributed by atoms with Crippen molar-refractivity contribution in [3.8, 4) is 0 Å². The molecule has 1 aliphatic rings. The van der Waals surface area contributed by atoms with Crippen molar-refractivity contribution >= 4 is 47.4 Å². The molecule has 1 fully saturated rings. The Morgan fingerprint density at radius 3 is 2.73 bits per heavy atom. The highest BCUT2D eigenvalue weighted by atomic mass is 79.9. The molecule has 0 aromatic carbocycles. The average molecular weight is 441 g/mol. The quantitative estimate of drug-likeness (QED) is 0.575. The standard InChI is InChI=1S/C17H25BrN4O3Si/c1-17(2,3)26(4,5)25-11-6-13(24-12(11)8-23)22-7-10(18)14-15(19)20-9-21-16(14)22/h7-9,11-13H,6H2,1-5H3,(H2,19,20,21)/t11-,12+,13+/m0/s1. The van der Waals surface area contributed by atoms with Gasteiger partial charge in [-0.05, 0) is 34.1 Å². The monoisotopic (exact) mass is 440 g/mol. The van der Waals surface area contributed by atoms with Gasteiger partial charge in [0.15, 0.2) is 14.6 Å². The van der Waals surface area contributed by atoms with Gasteiger partial charge in [0, 0.05) is 17.1 Å². The number of nitrogen functional groups attached to an aromatic ring is 1. The lowest BCUT2D eigenvalue weighted by Crippen LogP contribution is -2.46. The van der Waals surface area contributed by atoms with Gasteiger partial charge in [-0.15, -0.1) is 0 Å². The van der Waals surface area contributed by atoms with Crippen LogP contribution < -0.4 is 5.73 Å². The summed E-state index contributed by atoms with van der Waals surface area (Å²) in [6.07, 6.45) is 3.51. The van der Waals surface area contributed by atoms with E-state index < -0.39 is 14.4 Å². The Morgan fingerprint density at radius 2 is 2.12 bits per heavy atom. The van der Waals surface area contributed by atoms with Gasteiger partial charge in [0.05, 0.1) is 11.5 Å². The molecule has 3 heterocycles. The first-order valence-corrected chi connectivity index (χ1v) is 12.3. The molecule has 0 unspecified atom stereocenters. The second kappa shape index (κ2) is 6.70. The Morgan fingerprint density at radius 1 is 1.42 bits per heavy atom. The van der Waals surface area contributed by atoms with Crippen LogP contribution in [0.4, 0.5) is 5.82 Å². The zero-order valence-electron chi connectivity index (χ0n) is 15.7. The van der Waals surface area contributed by atoms with Gasteiger partial charge in [0.25, 0.3) is 0 Å². The lowest BCUT2D eigenvalue weighted by molar-refractivity contribution is -0.122. The van der Waals surface area contributed by atoms with Crippen molar-refractivity contribution in [1.29, 1.82) is 0 Å². The van der Waals surface area contributed by atoms with Crippen LogP contribution in [-0.2, 0) is 14.0 Å². The average Bonchev–Trinajstić information content (AvgIpc) is 3.07. The smallest absolute Gasteiger partial charge is 0.192 e.